The van der Waals surface area contributed by atoms with Crippen LogP contribution in [-0.4, -0.2) is 22.0 Å². The normalized spacial score (nSPS) is 17.9. The highest BCUT2D eigenvalue weighted by Crippen LogP contribution is 2.21. The quantitative estimate of drug-likeness (QED) is 0.562. The van der Waals surface area contributed by atoms with Crippen LogP contribution < -0.4 is 0 Å². The standard InChI is InChI=1S/C5H7NO2S/c1-4-2-9-3-6(4)5(7)8/h2H,3H2,1H3,(H,7,8). The molecule has 0 radical (unpaired) electrons. The van der Waals surface area contributed by atoms with Gasteiger partial charge in [0.05, 0.1) is 5.88 Å². The zero-order chi connectivity index (χ0) is 6.85. The van der Waals surface area contributed by atoms with Gasteiger partial charge in [0.1, 0.15) is 0 Å². The molecule has 0 saturated heterocycles. The van der Waals surface area contributed by atoms with Gasteiger partial charge in [-0.2, -0.15) is 0 Å². The Labute approximate surface area is 57.3 Å². The molecule has 0 bridgehead atoms. The average Bonchev–Trinajstić information content (AvgIpc) is 2.13. The van der Waals surface area contributed by atoms with E-state index in [0.29, 0.717) is 5.88 Å². The van der Waals surface area contributed by atoms with Crippen LogP contribution in [-0.2, 0) is 0 Å². The summed E-state index contributed by atoms with van der Waals surface area (Å²) in [6, 6.07) is 0. The molecule has 0 spiro atoms. The van der Waals surface area contributed by atoms with Crippen molar-refractivity contribution in [2.75, 3.05) is 5.88 Å². The summed E-state index contributed by atoms with van der Waals surface area (Å²) in [7, 11) is 0. The van der Waals surface area contributed by atoms with E-state index in [1.54, 1.807) is 6.92 Å². The number of carboxylic acid groups (broad SMARTS) is 1. The van der Waals surface area contributed by atoms with Crippen LogP contribution in [0.2, 0.25) is 0 Å². The van der Waals surface area contributed by atoms with Crippen LogP contribution in [0.3, 0.4) is 0 Å². The Bertz CT molecular complexity index is 166. The molecule has 0 fully saturated rings. The lowest BCUT2D eigenvalue weighted by Crippen LogP contribution is -2.23. The fourth-order valence-corrected chi connectivity index (χ4v) is 1.51. The molecule has 0 saturated carbocycles. The second-order valence-corrected chi connectivity index (χ2v) is 2.59. The van der Waals surface area contributed by atoms with Crippen molar-refractivity contribution in [3.8, 4) is 0 Å². The lowest BCUT2D eigenvalue weighted by Gasteiger charge is -2.10. The Morgan fingerprint density at radius 3 is 2.89 bits per heavy atom. The van der Waals surface area contributed by atoms with Crippen molar-refractivity contribution in [2.45, 2.75) is 6.92 Å². The highest BCUT2D eigenvalue weighted by atomic mass is 32.2. The van der Waals surface area contributed by atoms with Gasteiger partial charge in [0, 0.05) is 5.70 Å². The summed E-state index contributed by atoms with van der Waals surface area (Å²) >= 11 is 1.50. The number of hydrogen-bond acceptors (Lipinski definition) is 2. The number of thioether (sulfide) groups is 1. The summed E-state index contributed by atoms with van der Waals surface area (Å²) in [6.45, 7) is 1.79. The van der Waals surface area contributed by atoms with Gasteiger partial charge >= 0.3 is 6.09 Å². The van der Waals surface area contributed by atoms with Gasteiger partial charge in [0.15, 0.2) is 0 Å². The second kappa shape index (κ2) is 2.31. The van der Waals surface area contributed by atoms with Gasteiger partial charge in [0.25, 0.3) is 0 Å². The van der Waals surface area contributed by atoms with Crippen molar-refractivity contribution in [1.82, 2.24) is 4.90 Å². The lowest BCUT2D eigenvalue weighted by molar-refractivity contribution is 0.166. The predicted octanol–water partition coefficient (Wildman–Crippen LogP) is 1.53. The number of allylic oxidation sites excluding steroid dienone is 1. The van der Waals surface area contributed by atoms with Crippen LogP contribution in [0.25, 0.3) is 0 Å². The number of amides is 1. The molecule has 1 aliphatic rings. The summed E-state index contributed by atoms with van der Waals surface area (Å²) < 4.78 is 0. The molecule has 4 heteroatoms. The predicted molar refractivity (Wildman–Crippen MR) is 36.1 cm³/mol. The van der Waals surface area contributed by atoms with Gasteiger partial charge in [-0.3, -0.25) is 4.90 Å². The zero-order valence-corrected chi connectivity index (χ0v) is 5.81. The molecule has 0 aliphatic carbocycles. The molecular formula is C5H7NO2S. The smallest absolute Gasteiger partial charge is 0.412 e. The van der Waals surface area contributed by atoms with E-state index in [0.717, 1.165) is 5.70 Å². The van der Waals surface area contributed by atoms with Gasteiger partial charge in [0.2, 0.25) is 0 Å². The van der Waals surface area contributed by atoms with Gasteiger partial charge in [-0.05, 0) is 12.3 Å². The minimum Gasteiger partial charge on any atom is -0.465 e. The third-order valence-electron chi connectivity index (χ3n) is 1.11. The Morgan fingerprint density at radius 2 is 2.67 bits per heavy atom. The molecule has 0 atom stereocenters. The van der Waals surface area contributed by atoms with Gasteiger partial charge in [-0.25, -0.2) is 4.79 Å². The van der Waals surface area contributed by atoms with Gasteiger partial charge in [-0.15, -0.1) is 11.8 Å². The minimum absolute atomic E-state index is 0.543. The summed E-state index contributed by atoms with van der Waals surface area (Å²) in [5, 5.41) is 10.3. The largest absolute Gasteiger partial charge is 0.465 e. The van der Waals surface area contributed by atoms with E-state index >= 15 is 0 Å². The molecular weight excluding hydrogens is 138 g/mol. The molecule has 3 nitrogen and oxygen atoms in total. The first-order valence-electron chi connectivity index (χ1n) is 2.50. The van der Waals surface area contributed by atoms with Crippen LogP contribution in [0.5, 0.6) is 0 Å². The fraction of sp³-hybridized carbons (Fsp3) is 0.400. The monoisotopic (exact) mass is 145 g/mol. The maximum absolute atomic E-state index is 10.3. The second-order valence-electron chi connectivity index (χ2n) is 1.77. The maximum Gasteiger partial charge on any atom is 0.412 e. The first-order chi connectivity index (χ1) is 4.22. The van der Waals surface area contributed by atoms with Crippen molar-refractivity contribution in [3.05, 3.63) is 11.1 Å². The van der Waals surface area contributed by atoms with E-state index < -0.39 is 6.09 Å². The molecule has 1 rings (SSSR count). The van der Waals surface area contributed by atoms with Gasteiger partial charge in [-0.1, -0.05) is 0 Å². The van der Waals surface area contributed by atoms with Crippen molar-refractivity contribution in [2.24, 2.45) is 0 Å². The van der Waals surface area contributed by atoms with E-state index in [9.17, 15) is 4.79 Å². The molecule has 50 valence electrons. The Morgan fingerprint density at radius 1 is 2.00 bits per heavy atom. The third-order valence-corrected chi connectivity index (χ3v) is 2.03. The van der Waals surface area contributed by atoms with Crippen LogP contribution >= 0.6 is 11.8 Å². The summed E-state index contributed by atoms with van der Waals surface area (Å²) in [6.07, 6.45) is -0.867. The first kappa shape index (κ1) is 6.48. The number of carbonyl (C=O) groups is 1. The first-order valence-corrected chi connectivity index (χ1v) is 3.55. The van der Waals surface area contributed by atoms with E-state index in [4.69, 9.17) is 5.11 Å². The van der Waals surface area contributed by atoms with Crippen LogP contribution in [0, 0.1) is 0 Å². The summed E-state index contributed by atoms with van der Waals surface area (Å²) in [4.78, 5) is 11.6. The summed E-state index contributed by atoms with van der Waals surface area (Å²) in [5.41, 5.74) is 0.813. The highest BCUT2D eigenvalue weighted by molar-refractivity contribution is 8.02. The van der Waals surface area contributed by atoms with E-state index in [-0.39, 0.29) is 0 Å². The van der Waals surface area contributed by atoms with Crippen molar-refractivity contribution < 1.29 is 9.90 Å². The fourth-order valence-electron chi connectivity index (χ4n) is 0.604. The Kier molecular flexibility index (Phi) is 1.66. The third kappa shape index (κ3) is 1.18. The average molecular weight is 145 g/mol. The molecule has 0 aromatic carbocycles. The van der Waals surface area contributed by atoms with E-state index in [1.807, 2.05) is 5.41 Å². The molecule has 0 aromatic heterocycles. The molecule has 1 aliphatic heterocycles. The highest BCUT2D eigenvalue weighted by Gasteiger charge is 2.17. The topological polar surface area (TPSA) is 40.5 Å². The molecule has 0 unspecified atom stereocenters. The minimum atomic E-state index is -0.867. The van der Waals surface area contributed by atoms with E-state index in [1.165, 1.54) is 16.7 Å². The Balaban J connectivity index is 2.63. The van der Waals surface area contributed by atoms with Crippen LogP contribution in [0.15, 0.2) is 11.1 Å². The summed E-state index contributed by atoms with van der Waals surface area (Å²) in [5.74, 6) is 0.543. The van der Waals surface area contributed by atoms with Crippen molar-refractivity contribution in [3.63, 3.8) is 0 Å². The zero-order valence-electron chi connectivity index (χ0n) is 5.00. The Hall–Kier alpha value is -0.640. The van der Waals surface area contributed by atoms with Crippen LogP contribution in [0.1, 0.15) is 6.92 Å². The molecule has 9 heavy (non-hydrogen) atoms. The van der Waals surface area contributed by atoms with Gasteiger partial charge < -0.3 is 5.11 Å². The van der Waals surface area contributed by atoms with Crippen LogP contribution in [0.4, 0.5) is 4.79 Å². The van der Waals surface area contributed by atoms with Crippen molar-refractivity contribution >= 4 is 17.9 Å². The SMILES string of the molecule is CC1=CSCN1C(=O)O. The molecule has 1 heterocycles. The molecule has 0 aromatic rings. The molecule has 1 amide bonds. The van der Waals surface area contributed by atoms with E-state index in [2.05, 4.69) is 0 Å². The number of hydrogen-bond donors (Lipinski definition) is 1. The number of rotatable bonds is 0. The van der Waals surface area contributed by atoms with Crippen molar-refractivity contribution in [1.29, 1.82) is 0 Å². The lowest BCUT2D eigenvalue weighted by atomic mass is 10.5. The maximum atomic E-state index is 10.3. The number of nitrogens with zero attached hydrogens (tertiary/aromatic N) is 1. The molecule has 1 N–H and O–H groups in total.